The van der Waals surface area contributed by atoms with Crippen LogP contribution in [0.3, 0.4) is 0 Å². The fourth-order valence-corrected chi connectivity index (χ4v) is 1.49. The van der Waals surface area contributed by atoms with Crippen molar-refractivity contribution in [2.24, 2.45) is 5.92 Å². The maximum Gasteiger partial charge on any atom is 0.144 e. The summed E-state index contributed by atoms with van der Waals surface area (Å²) in [5.41, 5.74) is 0. The first-order valence-corrected chi connectivity index (χ1v) is 5.31. The topological polar surface area (TPSA) is 41.1 Å². The maximum absolute atomic E-state index is 4.47. The average Bonchev–Trinajstić information content (AvgIpc) is 2.17. The summed E-state index contributed by atoms with van der Waals surface area (Å²) < 4.78 is 0. The second kappa shape index (κ2) is 5.66. The van der Waals surface area contributed by atoms with Crippen LogP contribution in [0.4, 0.5) is 5.82 Å². The number of anilines is 1. The van der Waals surface area contributed by atoms with Gasteiger partial charge in [-0.1, -0.05) is 13.8 Å². The molecule has 0 spiro atoms. The molecule has 15 heavy (non-hydrogen) atoms. The Labute approximate surface area is 91.7 Å². The van der Waals surface area contributed by atoms with E-state index in [9.17, 15) is 0 Å². The standard InChI is InChI=1S/C11H20N4/c1-9(2)8-15(4)11-5-6-13-10(14-11)7-12-3/h5-6,9,12H,7-8H2,1-4H3. The number of nitrogens with one attached hydrogen (secondary N) is 1. The number of rotatable bonds is 5. The van der Waals surface area contributed by atoms with E-state index in [0.29, 0.717) is 12.5 Å². The van der Waals surface area contributed by atoms with E-state index in [0.717, 1.165) is 18.2 Å². The van der Waals surface area contributed by atoms with Crippen LogP contribution in [-0.2, 0) is 6.54 Å². The molecule has 0 aliphatic rings. The van der Waals surface area contributed by atoms with Crippen LogP contribution in [-0.4, -0.2) is 30.6 Å². The lowest BCUT2D eigenvalue weighted by Gasteiger charge is -2.20. The molecule has 0 aliphatic heterocycles. The molecule has 0 saturated heterocycles. The molecule has 4 heteroatoms. The predicted octanol–water partition coefficient (Wildman–Crippen LogP) is 1.29. The van der Waals surface area contributed by atoms with E-state index in [-0.39, 0.29) is 0 Å². The zero-order valence-electron chi connectivity index (χ0n) is 9.99. The molecule has 1 aromatic rings. The largest absolute Gasteiger partial charge is 0.359 e. The van der Waals surface area contributed by atoms with E-state index in [1.807, 2.05) is 19.3 Å². The van der Waals surface area contributed by atoms with Crippen molar-refractivity contribution in [3.8, 4) is 0 Å². The van der Waals surface area contributed by atoms with Gasteiger partial charge >= 0.3 is 0 Å². The normalized spacial score (nSPS) is 10.7. The molecule has 1 rings (SSSR count). The van der Waals surface area contributed by atoms with Crippen molar-refractivity contribution in [1.29, 1.82) is 0 Å². The lowest BCUT2D eigenvalue weighted by Crippen LogP contribution is -2.24. The van der Waals surface area contributed by atoms with Crippen LogP contribution in [0.25, 0.3) is 0 Å². The Morgan fingerprint density at radius 2 is 2.20 bits per heavy atom. The molecule has 84 valence electrons. The monoisotopic (exact) mass is 208 g/mol. The minimum atomic E-state index is 0.637. The Morgan fingerprint density at radius 3 is 2.80 bits per heavy atom. The van der Waals surface area contributed by atoms with Gasteiger partial charge in [0, 0.05) is 19.8 Å². The molecule has 1 heterocycles. The summed E-state index contributed by atoms with van der Waals surface area (Å²) in [6, 6.07) is 1.95. The van der Waals surface area contributed by atoms with Gasteiger partial charge in [0.2, 0.25) is 0 Å². The van der Waals surface area contributed by atoms with Gasteiger partial charge in [-0.25, -0.2) is 9.97 Å². The summed E-state index contributed by atoms with van der Waals surface area (Å²) in [5.74, 6) is 2.47. The molecule has 0 bridgehead atoms. The van der Waals surface area contributed by atoms with Crippen molar-refractivity contribution in [3.63, 3.8) is 0 Å². The summed E-state index contributed by atoms with van der Waals surface area (Å²) in [7, 11) is 3.96. The number of hydrogen-bond donors (Lipinski definition) is 1. The minimum absolute atomic E-state index is 0.637. The molecule has 0 aromatic carbocycles. The van der Waals surface area contributed by atoms with Gasteiger partial charge in [-0.15, -0.1) is 0 Å². The molecule has 1 N–H and O–H groups in total. The second-order valence-corrected chi connectivity index (χ2v) is 4.14. The van der Waals surface area contributed by atoms with E-state index >= 15 is 0 Å². The summed E-state index contributed by atoms with van der Waals surface area (Å²) in [4.78, 5) is 10.8. The third kappa shape index (κ3) is 3.83. The number of hydrogen-bond acceptors (Lipinski definition) is 4. The first kappa shape index (κ1) is 11.9. The third-order valence-corrected chi connectivity index (χ3v) is 2.06. The molecular weight excluding hydrogens is 188 g/mol. The first-order chi connectivity index (χ1) is 7.13. The van der Waals surface area contributed by atoms with Crippen molar-refractivity contribution in [2.45, 2.75) is 20.4 Å². The van der Waals surface area contributed by atoms with Crippen molar-refractivity contribution in [3.05, 3.63) is 18.1 Å². The van der Waals surface area contributed by atoms with Crippen molar-refractivity contribution < 1.29 is 0 Å². The average molecular weight is 208 g/mol. The second-order valence-electron chi connectivity index (χ2n) is 4.14. The Hall–Kier alpha value is -1.16. The van der Waals surface area contributed by atoms with E-state index in [4.69, 9.17) is 0 Å². The first-order valence-electron chi connectivity index (χ1n) is 5.31. The zero-order chi connectivity index (χ0) is 11.3. The lowest BCUT2D eigenvalue weighted by molar-refractivity contribution is 0.631. The van der Waals surface area contributed by atoms with Crippen molar-refractivity contribution in [2.75, 3.05) is 25.5 Å². The van der Waals surface area contributed by atoms with E-state index in [1.165, 1.54) is 0 Å². The molecule has 0 fully saturated rings. The van der Waals surface area contributed by atoms with Gasteiger partial charge in [-0.05, 0) is 19.0 Å². The summed E-state index contributed by atoms with van der Waals surface area (Å²) in [6.45, 7) is 6.12. The molecule has 0 saturated carbocycles. The van der Waals surface area contributed by atoms with Gasteiger partial charge in [0.25, 0.3) is 0 Å². The number of nitrogens with zero attached hydrogens (tertiary/aromatic N) is 3. The van der Waals surface area contributed by atoms with Gasteiger partial charge in [0.15, 0.2) is 0 Å². The third-order valence-electron chi connectivity index (χ3n) is 2.06. The molecule has 0 radical (unpaired) electrons. The predicted molar refractivity (Wildman–Crippen MR) is 62.9 cm³/mol. The van der Waals surface area contributed by atoms with Crippen LogP contribution in [0.15, 0.2) is 12.3 Å². The molecule has 1 aromatic heterocycles. The molecular formula is C11H20N4. The van der Waals surface area contributed by atoms with Gasteiger partial charge in [0.05, 0.1) is 6.54 Å². The van der Waals surface area contributed by atoms with Crippen molar-refractivity contribution >= 4 is 5.82 Å². The van der Waals surface area contributed by atoms with Gasteiger partial charge in [-0.2, -0.15) is 0 Å². The highest BCUT2D eigenvalue weighted by atomic mass is 15.2. The lowest BCUT2D eigenvalue weighted by atomic mass is 10.2. The highest BCUT2D eigenvalue weighted by molar-refractivity contribution is 5.36. The van der Waals surface area contributed by atoms with Crippen LogP contribution in [0.1, 0.15) is 19.7 Å². The van der Waals surface area contributed by atoms with Crippen LogP contribution >= 0.6 is 0 Å². The SMILES string of the molecule is CNCc1nccc(N(C)CC(C)C)n1. The van der Waals surface area contributed by atoms with Gasteiger partial charge < -0.3 is 10.2 Å². The highest BCUT2D eigenvalue weighted by Gasteiger charge is 2.05. The maximum atomic E-state index is 4.47. The quantitative estimate of drug-likeness (QED) is 0.791. The molecule has 0 atom stereocenters. The Morgan fingerprint density at radius 1 is 1.47 bits per heavy atom. The molecule has 0 amide bonds. The van der Waals surface area contributed by atoms with Crippen LogP contribution in [0.5, 0.6) is 0 Å². The summed E-state index contributed by atoms with van der Waals surface area (Å²) in [6.07, 6.45) is 1.81. The van der Waals surface area contributed by atoms with E-state index < -0.39 is 0 Å². The fraction of sp³-hybridized carbons (Fsp3) is 0.636. The van der Waals surface area contributed by atoms with Crippen molar-refractivity contribution in [1.82, 2.24) is 15.3 Å². The Bertz CT molecular complexity index is 298. The smallest absolute Gasteiger partial charge is 0.144 e. The van der Waals surface area contributed by atoms with E-state index in [1.54, 1.807) is 0 Å². The van der Waals surface area contributed by atoms with Gasteiger partial charge in [0.1, 0.15) is 11.6 Å². The minimum Gasteiger partial charge on any atom is -0.359 e. The zero-order valence-corrected chi connectivity index (χ0v) is 9.99. The Kier molecular flexibility index (Phi) is 4.49. The fourth-order valence-electron chi connectivity index (χ4n) is 1.49. The van der Waals surface area contributed by atoms with Crippen LogP contribution < -0.4 is 10.2 Å². The molecule has 4 nitrogen and oxygen atoms in total. The van der Waals surface area contributed by atoms with E-state index in [2.05, 4.69) is 41.1 Å². The highest BCUT2D eigenvalue weighted by Crippen LogP contribution is 2.09. The number of aromatic nitrogens is 2. The van der Waals surface area contributed by atoms with Crippen LogP contribution in [0, 0.1) is 5.92 Å². The van der Waals surface area contributed by atoms with Gasteiger partial charge in [-0.3, -0.25) is 0 Å². The molecule has 0 unspecified atom stereocenters. The summed E-state index contributed by atoms with van der Waals surface area (Å²) in [5, 5.41) is 3.05. The molecule has 0 aliphatic carbocycles. The Balaban J connectivity index is 2.71. The summed E-state index contributed by atoms with van der Waals surface area (Å²) >= 11 is 0. The van der Waals surface area contributed by atoms with Crippen LogP contribution in [0.2, 0.25) is 0 Å².